The van der Waals surface area contributed by atoms with Gasteiger partial charge in [0.05, 0.1) is 0 Å². The minimum absolute atomic E-state index is 0.626. The zero-order valence-corrected chi connectivity index (χ0v) is 9.05. The van der Waals surface area contributed by atoms with Gasteiger partial charge in [0, 0.05) is 6.42 Å². The van der Waals surface area contributed by atoms with Gasteiger partial charge in [0.15, 0.2) is 0 Å². The van der Waals surface area contributed by atoms with E-state index >= 15 is 0 Å². The number of fused-ring (bicyclic) bond motifs is 1. The van der Waals surface area contributed by atoms with E-state index in [0.717, 1.165) is 31.1 Å². The number of furan rings is 1. The largest absolute Gasteiger partial charge is 0.466 e. The van der Waals surface area contributed by atoms with Crippen LogP contribution < -0.4 is 5.73 Å². The van der Waals surface area contributed by atoms with Gasteiger partial charge in [-0.1, -0.05) is 6.92 Å². The van der Waals surface area contributed by atoms with Crippen LogP contribution in [-0.2, 0) is 6.42 Å². The first-order valence-electron chi connectivity index (χ1n) is 5.51. The van der Waals surface area contributed by atoms with Crippen LogP contribution in [-0.4, -0.2) is 6.54 Å². The molecule has 0 radical (unpaired) electrons. The predicted octanol–water partition coefficient (Wildman–Crippen LogP) is 2.60. The molecule has 1 heterocycles. The highest BCUT2D eigenvalue weighted by atomic mass is 16.3. The van der Waals surface area contributed by atoms with Crippen LogP contribution in [0, 0.1) is 12.8 Å². The normalized spacial score (nSPS) is 26.2. The molecule has 0 fully saturated rings. The predicted molar refractivity (Wildman–Crippen MR) is 57.3 cm³/mol. The van der Waals surface area contributed by atoms with Crippen LogP contribution in [0.15, 0.2) is 10.5 Å². The Labute approximate surface area is 85.5 Å². The molecule has 0 saturated carbocycles. The van der Waals surface area contributed by atoms with Crippen molar-refractivity contribution in [1.29, 1.82) is 0 Å². The Kier molecular flexibility index (Phi) is 2.64. The second kappa shape index (κ2) is 3.77. The minimum atomic E-state index is 0.626. The Bertz CT molecular complexity index is 316. The summed E-state index contributed by atoms with van der Waals surface area (Å²) in [6, 6.07) is 2.20. The summed E-state index contributed by atoms with van der Waals surface area (Å²) < 4.78 is 5.69. The quantitative estimate of drug-likeness (QED) is 0.784. The topological polar surface area (TPSA) is 39.2 Å². The van der Waals surface area contributed by atoms with Crippen molar-refractivity contribution >= 4 is 0 Å². The molecule has 1 aliphatic carbocycles. The number of hydrogen-bond donors (Lipinski definition) is 1. The standard InChI is InChI=1S/C12H19NO/c1-8-3-4-12-11(7-9(2)14-12)10(8)5-6-13/h7-8,10H,3-6,13H2,1-2H3. The smallest absolute Gasteiger partial charge is 0.107 e. The van der Waals surface area contributed by atoms with Gasteiger partial charge in [-0.2, -0.15) is 0 Å². The van der Waals surface area contributed by atoms with Gasteiger partial charge in [0.1, 0.15) is 11.5 Å². The highest BCUT2D eigenvalue weighted by molar-refractivity contribution is 5.28. The summed E-state index contributed by atoms with van der Waals surface area (Å²) in [5.74, 6) is 3.63. The second-order valence-electron chi connectivity index (χ2n) is 4.44. The Morgan fingerprint density at radius 2 is 2.36 bits per heavy atom. The number of nitrogens with two attached hydrogens (primary N) is 1. The highest BCUT2D eigenvalue weighted by Crippen LogP contribution is 2.39. The van der Waals surface area contributed by atoms with Gasteiger partial charge < -0.3 is 10.2 Å². The summed E-state index contributed by atoms with van der Waals surface area (Å²) >= 11 is 0. The van der Waals surface area contributed by atoms with Crippen LogP contribution in [0.4, 0.5) is 0 Å². The third-order valence-corrected chi connectivity index (χ3v) is 3.36. The molecule has 2 N–H and O–H groups in total. The maximum absolute atomic E-state index is 5.69. The van der Waals surface area contributed by atoms with Gasteiger partial charge in [-0.05, 0) is 49.8 Å². The number of rotatable bonds is 2. The van der Waals surface area contributed by atoms with Crippen molar-refractivity contribution in [3.05, 3.63) is 23.2 Å². The summed E-state index contributed by atoms with van der Waals surface area (Å²) in [4.78, 5) is 0. The van der Waals surface area contributed by atoms with Crippen LogP contribution in [0.25, 0.3) is 0 Å². The lowest BCUT2D eigenvalue weighted by Crippen LogP contribution is -2.19. The van der Waals surface area contributed by atoms with Crippen molar-refractivity contribution in [2.75, 3.05) is 6.54 Å². The van der Waals surface area contributed by atoms with Crippen LogP contribution in [0.3, 0.4) is 0 Å². The van der Waals surface area contributed by atoms with Gasteiger partial charge in [0.2, 0.25) is 0 Å². The average Bonchev–Trinajstić information content (AvgIpc) is 2.51. The summed E-state index contributed by atoms with van der Waals surface area (Å²) in [5, 5.41) is 0. The minimum Gasteiger partial charge on any atom is -0.466 e. The molecule has 2 unspecified atom stereocenters. The van der Waals surface area contributed by atoms with Crippen LogP contribution >= 0.6 is 0 Å². The van der Waals surface area contributed by atoms with E-state index in [9.17, 15) is 0 Å². The van der Waals surface area contributed by atoms with Crippen molar-refractivity contribution < 1.29 is 4.42 Å². The molecule has 2 rings (SSSR count). The third-order valence-electron chi connectivity index (χ3n) is 3.36. The summed E-state index contributed by atoms with van der Waals surface area (Å²) in [6.45, 7) is 5.13. The lowest BCUT2D eigenvalue weighted by Gasteiger charge is -2.27. The van der Waals surface area contributed by atoms with Crippen LogP contribution in [0.5, 0.6) is 0 Å². The fraction of sp³-hybridized carbons (Fsp3) is 0.667. The zero-order chi connectivity index (χ0) is 10.1. The van der Waals surface area contributed by atoms with Gasteiger partial charge in [-0.3, -0.25) is 0 Å². The fourth-order valence-electron chi connectivity index (χ4n) is 2.58. The molecule has 2 nitrogen and oxygen atoms in total. The van der Waals surface area contributed by atoms with E-state index in [1.807, 2.05) is 6.92 Å². The molecule has 14 heavy (non-hydrogen) atoms. The number of hydrogen-bond acceptors (Lipinski definition) is 2. The van der Waals surface area contributed by atoms with E-state index < -0.39 is 0 Å². The molecule has 78 valence electrons. The molecule has 0 bridgehead atoms. The first-order valence-corrected chi connectivity index (χ1v) is 5.51. The van der Waals surface area contributed by atoms with E-state index in [2.05, 4.69) is 13.0 Å². The Morgan fingerprint density at radius 1 is 1.57 bits per heavy atom. The zero-order valence-electron chi connectivity index (χ0n) is 9.05. The van der Waals surface area contributed by atoms with E-state index in [-0.39, 0.29) is 0 Å². The van der Waals surface area contributed by atoms with Gasteiger partial charge in [-0.15, -0.1) is 0 Å². The van der Waals surface area contributed by atoms with Crippen molar-refractivity contribution in [3.63, 3.8) is 0 Å². The average molecular weight is 193 g/mol. The monoisotopic (exact) mass is 193 g/mol. The van der Waals surface area contributed by atoms with E-state index in [4.69, 9.17) is 10.2 Å². The molecular formula is C12H19NO. The molecule has 2 atom stereocenters. The molecule has 0 amide bonds. The molecule has 1 aliphatic rings. The van der Waals surface area contributed by atoms with Crippen molar-refractivity contribution in [2.45, 2.75) is 39.0 Å². The summed E-state index contributed by atoms with van der Waals surface area (Å²) in [7, 11) is 0. The summed E-state index contributed by atoms with van der Waals surface area (Å²) in [5.41, 5.74) is 7.08. The maximum Gasteiger partial charge on any atom is 0.107 e. The van der Waals surface area contributed by atoms with E-state index in [1.165, 1.54) is 17.7 Å². The second-order valence-corrected chi connectivity index (χ2v) is 4.44. The van der Waals surface area contributed by atoms with Crippen molar-refractivity contribution in [1.82, 2.24) is 0 Å². The molecule has 2 heteroatoms. The Balaban J connectivity index is 2.30. The Hall–Kier alpha value is -0.760. The van der Waals surface area contributed by atoms with Crippen LogP contribution in [0.2, 0.25) is 0 Å². The first kappa shape index (κ1) is 9.78. The van der Waals surface area contributed by atoms with Gasteiger partial charge >= 0.3 is 0 Å². The Morgan fingerprint density at radius 3 is 3.07 bits per heavy atom. The first-order chi connectivity index (χ1) is 6.72. The molecule has 1 aromatic heterocycles. The fourth-order valence-corrected chi connectivity index (χ4v) is 2.58. The third kappa shape index (κ3) is 1.59. The number of aryl methyl sites for hydroxylation is 2. The maximum atomic E-state index is 5.69. The van der Waals surface area contributed by atoms with Gasteiger partial charge in [0.25, 0.3) is 0 Å². The lowest BCUT2D eigenvalue weighted by atomic mass is 9.77. The molecule has 0 aromatic carbocycles. The van der Waals surface area contributed by atoms with E-state index in [0.29, 0.717) is 5.92 Å². The molecule has 0 saturated heterocycles. The lowest BCUT2D eigenvalue weighted by molar-refractivity contribution is 0.351. The molecular weight excluding hydrogens is 174 g/mol. The van der Waals surface area contributed by atoms with E-state index in [1.54, 1.807) is 0 Å². The highest BCUT2D eigenvalue weighted by Gasteiger charge is 2.28. The van der Waals surface area contributed by atoms with Crippen molar-refractivity contribution in [2.24, 2.45) is 11.7 Å². The van der Waals surface area contributed by atoms with Crippen molar-refractivity contribution in [3.8, 4) is 0 Å². The molecule has 0 spiro atoms. The SMILES string of the molecule is Cc1cc2c(o1)CCC(C)C2CCN. The molecule has 1 aromatic rings. The van der Waals surface area contributed by atoms with Crippen LogP contribution in [0.1, 0.15) is 42.8 Å². The van der Waals surface area contributed by atoms with Gasteiger partial charge in [-0.25, -0.2) is 0 Å². The molecule has 0 aliphatic heterocycles. The summed E-state index contributed by atoms with van der Waals surface area (Å²) in [6.07, 6.45) is 3.43.